The average molecular weight is 479 g/mol. The first-order valence-corrected chi connectivity index (χ1v) is 13.4. The van der Waals surface area contributed by atoms with Crippen LogP contribution in [0.2, 0.25) is 0 Å². The third kappa shape index (κ3) is 4.63. The maximum Gasteiger partial charge on any atom is 0.260 e. The highest BCUT2D eigenvalue weighted by Gasteiger charge is 2.29. The number of fused-ring (bicyclic) bond motifs is 3. The lowest BCUT2D eigenvalue weighted by molar-refractivity contribution is -0.133. The topological polar surface area (TPSA) is 58.6 Å². The standard InChI is InChI=1S/C27H34N4O2S/c1-4-19(3)25-28-26(24-21-11-10-18(2)16-22(21)34-27(24)29-25)31-14-12-30(13-15-31)23(32)17-33-20-8-6-5-7-9-20/h5-9,18-19H,4,10-17H2,1-3H3/t18-,19-/m1/s1. The third-order valence-corrected chi connectivity index (χ3v) is 8.39. The third-order valence-electron chi connectivity index (χ3n) is 7.24. The molecule has 0 radical (unpaired) electrons. The smallest absolute Gasteiger partial charge is 0.260 e. The summed E-state index contributed by atoms with van der Waals surface area (Å²) in [6.45, 7) is 9.77. The van der Waals surface area contributed by atoms with E-state index >= 15 is 0 Å². The van der Waals surface area contributed by atoms with Gasteiger partial charge in [0.15, 0.2) is 6.61 Å². The fraction of sp³-hybridized carbons (Fsp3) is 0.519. The molecular formula is C27H34N4O2S. The molecular weight excluding hydrogens is 444 g/mol. The Bertz CT molecular complexity index is 1150. The maximum absolute atomic E-state index is 12.7. The Morgan fingerprint density at radius 3 is 2.68 bits per heavy atom. The second-order valence-electron chi connectivity index (χ2n) is 9.72. The number of thiophene rings is 1. The summed E-state index contributed by atoms with van der Waals surface area (Å²) in [5.74, 6) is 3.87. The molecule has 34 heavy (non-hydrogen) atoms. The van der Waals surface area contributed by atoms with E-state index in [0.717, 1.165) is 60.5 Å². The molecule has 0 bridgehead atoms. The molecule has 3 aromatic rings. The summed E-state index contributed by atoms with van der Waals surface area (Å²) in [5, 5.41) is 1.27. The number of carbonyl (C=O) groups excluding carboxylic acids is 1. The quantitative estimate of drug-likeness (QED) is 0.496. The maximum atomic E-state index is 12.7. The van der Waals surface area contributed by atoms with Gasteiger partial charge in [0.25, 0.3) is 5.91 Å². The zero-order valence-corrected chi connectivity index (χ0v) is 21.2. The van der Waals surface area contributed by atoms with E-state index in [1.807, 2.05) is 46.6 Å². The van der Waals surface area contributed by atoms with E-state index in [1.54, 1.807) is 0 Å². The van der Waals surface area contributed by atoms with Crippen LogP contribution in [-0.4, -0.2) is 53.6 Å². The van der Waals surface area contributed by atoms with Crippen molar-refractivity contribution >= 4 is 33.3 Å². The van der Waals surface area contributed by atoms with Crippen molar-refractivity contribution in [2.75, 3.05) is 37.7 Å². The van der Waals surface area contributed by atoms with Gasteiger partial charge in [-0.05, 0) is 49.3 Å². The summed E-state index contributed by atoms with van der Waals surface area (Å²) in [4.78, 5) is 29.8. The van der Waals surface area contributed by atoms with Crippen molar-refractivity contribution in [1.29, 1.82) is 0 Å². The van der Waals surface area contributed by atoms with Crippen LogP contribution < -0.4 is 9.64 Å². The lowest BCUT2D eigenvalue weighted by atomic mass is 9.89. The van der Waals surface area contributed by atoms with Crippen LogP contribution in [0.15, 0.2) is 30.3 Å². The van der Waals surface area contributed by atoms with E-state index in [1.165, 1.54) is 22.2 Å². The van der Waals surface area contributed by atoms with Gasteiger partial charge in [-0.2, -0.15) is 0 Å². The lowest BCUT2D eigenvalue weighted by Crippen LogP contribution is -2.50. The number of rotatable bonds is 6. The van der Waals surface area contributed by atoms with Gasteiger partial charge >= 0.3 is 0 Å². The SMILES string of the molecule is CC[C@@H](C)c1nc(N2CCN(C(=O)COc3ccccc3)CC2)c2c3c(sc2n1)C[C@H](C)CC3. The molecule has 0 saturated carbocycles. The number of nitrogens with zero attached hydrogens (tertiary/aromatic N) is 4. The molecule has 1 amide bonds. The predicted octanol–water partition coefficient (Wildman–Crippen LogP) is 5.06. The number of amides is 1. The van der Waals surface area contributed by atoms with E-state index < -0.39 is 0 Å². The highest BCUT2D eigenvalue weighted by molar-refractivity contribution is 7.19. The van der Waals surface area contributed by atoms with E-state index in [-0.39, 0.29) is 12.5 Å². The van der Waals surface area contributed by atoms with Crippen LogP contribution in [-0.2, 0) is 17.6 Å². The lowest BCUT2D eigenvalue weighted by Gasteiger charge is -2.36. The minimum atomic E-state index is 0.0403. The number of aromatic nitrogens is 2. The molecule has 180 valence electrons. The molecule has 6 nitrogen and oxygen atoms in total. The van der Waals surface area contributed by atoms with Crippen molar-refractivity contribution in [1.82, 2.24) is 14.9 Å². The Labute approximate surface area is 206 Å². The molecule has 0 unspecified atom stereocenters. The average Bonchev–Trinajstić information content (AvgIpc) is 3.24. The van der Waals surface area contributed by atoms with Crippen molar-refractivity contribution in [3.8, 4) is 5.75 Å². The molecule has 1 saturated heterocycles. The van der Waals surface area contributed by atoms with Crippen LogP contribution >= 0.6 is 11.3 Å². The molecule has 3 heterocycles. The first-order valence-electron chi connectivity index (χ1n) is 12.6. The van der Waals surface area contributed by atoms with E-state index in [9.17, 15) is 4.79 Å². The molecule has 0 N–H and O–H groups in total. The molecule has 2 atom stereocenters. The molecule has 1 aliphatic heterocycles. The first-order chi connectivity index (χ1) is 16.5. The summed E-state index contributed by atoms with van der Waals surface area (Å²) >= 11 is 1.87. The van der Waals surface area contributed by atoms with Crippen molar-refractivity contribution in [2.45, 2.75) is 52.4 Å². The van der Waals surface area contributed by atoms with Crippen LogP contribution in [0.5, 0.6) is 5.75 Å². The van der Waals surface area contributed by atoms with Gasteiger partial charge in [0, 0.05) is 37.0 Å². The number of piperazine rings is 1. The molecule has 5 rings (SSSR count). The van der Waals surface area contributed by atoms with Crippen LogP contribution in [0.1, 0.15) is 55.8 Å². The minimum Gasteiger partial charge on any atom is -0.484 e. The highest BCUT2D eigenvalue weighted by Crippen LogP contribution is 2.41. The fourth-order valence-electron chi connectivity index (χ4n) is 4.89. The Balaban J connectivity index is 1.35. The van der Waals surface area contributed by atoms with E-state index in [4.69, 9.17) is 14.7 Å². The molecule has 2 aliphatic rings. The van der Waals surface area contributed by atoms with E-state index in [0.29, 0.717) is 19.0 Å². The minimum absolute atomic E-state index is 0.0403. The summed E-state index contributed by atoms with van der Waals surface area (Å²) in [5.41, 5.74) is 1.47. The number of hydrogen-bond donors (Lipinski definition) is 0. The number of benzene rings is 1. The summed E-state index contributed by atoms with van der Waals surface area (Å²) in [6.07, 6.45) is 4.52. The molecule has 1 aliphatic carbocycles. The van der Waals surface area contributed by atoms with Gasteiger partial charge in [-0.3, -0.25) is 4.79 Å². The Morgan fingerprint density at radius 2 is 1.94 bits per heavy atom. The fourth-order valence-corrected chi connectivity index (χ4v) is 6.28. The molecule has 0 spiro atoms. The van der Waals surface area contributed by atoms with Crippen LogP contribution in [0.25, 0.3) is 10.2 Å². The van der Waals surface area contributed by atoms with Gasteiger partial charge < -0.3 is 14.5 Å². The van der Waals surface area contributed by atoms with Crippen molar-refractivity contribution in [2.24, 2.45) is 5.92 Å². The Kier molecular flexibility index (Phi) is 6.73. The number of carbonyl (C=O) groups is 1. The van der Waals surface area contributed by atoms with Gasteiger partial charge in [-0.15, -0.1) is 11.3 Å². The monoisotopic (exact) mass is 478 g/mol. The van der Waals surface area contributed by atoms with Crippen molar-refractivity contribution < 1.29 is 9.53 Å². The molecule has 7 heteroatoms. The number of ether oxygens (including phenoxy) is 1. The van der Waals surface area contributed by atoms with Crippen LogP contribution in [0.4, 0.5) is 5.82 Å². The van der Waals surface area contributed by atoms with Gasteiger partial charge in [-0.25, -0.2) is 9.97 Å². The van der Waals surface area contributed by atoms with Gasteiger partial charge in [0.2, 0.25) is 0 Å². The molecule has 1 aromatic carbocycles. The largest absolute Gasteiger partial charge is 0.484 e. The number of aryl methyl sites for hydroxylation is 1. The summed E-state index contributed by atoms with van der Waals surface area (Å²) < 4.78 is 5.68. The Hall–Kier alpha value is -2.67. The number of anilines is 1. The number of hydrogen-bond acceptors (Lipinski definition) is 6. The number of para-hydroxylation sites is 1. The summed E-state index contributed by atoms with van der Waals surface area (Å²) in [6, 6.07) is 9.53. The first kappa shape index (κ1) is 23.1. The van der Waals surface area contributed by atoms with E-state index in [2.05, 4.69) is 25.7 Å². The molecule has 2 aromatic heterocycles. The van der Waals surface area contributed by atoms with Gasteiger partial charge in [0.05, 0.1) is 5.39 Å². The van der Waals surface area contributed by atoms with Gasteiger partial charge in [-0.1, -0.05) is 39.0 Å². The predicted molar refractivity (Wildman–Crippen MR) is 138 cm³/mol. The Morgan fingerprint density at radius 1 is 1.18 bits per heavy atom. The summed E-state index contributed by atoms with van der Waals surface area (Å²) in [7, 11) is 0. The normalized spacial score (nSPS) is 19.2. The van der Waals surface area contributed by atoms with Crippen LogP contribution in [0.3, 0.4) is 0 Å². The van der Waals surface area contributed by atoms with Crippen molar-refractivity contribution in [3.05, 3.63) is 46.6 Å². The van der Waals surface area contributed by atoms with Gasteiger partial charge in [0.1, 0.15) is 22.2 Å². The second kappa shape index (κ2) is 9.90. The highest BCUT2D eigenvalue weighted by atomic mass is 32.1. The zero-order chi connectivity index (χ0) is 23.7. The molecule has 1 fully saturated rings. The van der Waals surface area contributed by atoms with Crippen LogP contribution in [0, 0.1) is 5.92 Å². The zero-order valence-electron chi connectivity index (χ0n) is 20.4. The second-order valence-corrected chi connectivity index (χ2v) is 10.8. The van der Waals surface area contributed by atoms with Crippen molar-refractivity contribution in [3.63, 3.8) is 0 Å².